The van der Waals surface area contributed by atoms with Gasteiger partial charge in [0.1, 0.15) is 5.52 Å². The van der Waals surface area contributed by atoms with E-state index in [4.69, 9.17) is 10.2 Å². The molecule has 0 aliphatic rings. The Balaban J connectivity index is 2.01. The van der Waals surface area contributed by atoms with Crippen LogP contribution in [0.1, 0.15) is 23.7 Å². The number of nitrogens with one attached hydrogen (secondary N) is 1. The van der Waals surface area contributed by atoms with Crippen LogP contribution in [0.15, 0.2) is 18.2 Å². The molecule has 1 aromatic carbocycles. The minimum atomic E-state index is -1.47. The molecule has 3 N–H and O–H groups in total. The highest BCUT2D eigenvalue weighted by atomic mass is 16.4. The molecule has 2 rings (SSSR count). The lowest BCUT2D eigenvalue weighted by molar-refractivity contribution is -0.146. The molecule has 0 spiro atoms. The fraction of sp³-hybridized carbons (Fsp3) is 0.385. The van der Waals surface area contributed by atoms with Crippen LogP contribution in [0.4, 0.5) is 0 Å². The number of aliphatic carboxylic acids is 1. The van der Waals surface area contributed by atoms with E-state index in [0.717, 1.165) is 5.52 Å². The Morgan fingerprint density at radius 3 is 2.86 bits per heavy atom. The molecule has 1 heterocycles. The number of carbonyl (C=O) groups is 2. The van der Waals surface area contributed by atoms with Crippen molar-refractivity contribution in [3.63, 3.8) is 0 Å². The summed E-state index contributed by atoms with van der Waals surface area (Å²) in [5, 5.41) is 28.1. The number of nitrogens with zero attached hydrogens (tertiary/aromatic N) is 3. The molecule has 0 saturated carbocycles. The van der Waals surface area contributed by atoms with Gasteiger partial charge in [-0.15, -0.1) is 5.10 Å². The van der Waals surface area contributed by atoms with Crippen LogP contribution in [0.3, 0.4) is 0 Å². The lowest BCUT2D eigenvalue weighted by Gasteiger charge is -2.07. The Morgan fingerprint density at radius 1 is 1.43 bits per heavy atom. The van der Waals surface area contributed by atoms with Gasteiger partial charge in [0.25, 0.3) is 5.91 Å². The Labute approximate surface area is 120 Å². The lowest BCUT2D eigenvalue weighted by Crippen LogP contribution is -2.30. The van der Waals surface area contributed by atoms with Crippen molar-refractivity contribution in [1.29, 1.82) is 0 Å². The SMILES string of the molecule is CCn1nnc2cc(C(=O)NCC[C@H](O)C(=O)O)ccc21. The normalized spacial score (nSPS) is 12.3. The molecule has 1 atom stereocenters. The number of hydrogen-bond donors (Lipinski definition) is 3. The first-order valence-corrected chi connectivity index (χ1v) is 6.55. The maximum absolute atomic E-state index is 11.9. The summed E-state index contributed by atoms with van der Waals surface area (Å²) in [6.45, 7) is 2.71. The smallest absolute Gasteiger partial charge is 0.332 e. The van der Waals surface area contributed by atoms with Crippen LogP contribution in [0.25, 0.3) is 11.0 Å². The average Bonchev–Trinajstić information content (AvgIpc) is 2.88. The Hall–Kier alpha value is -2.48. The zero-order chi connectivity index (χ0) is 15.4. The molecule has 0 aliphatic carbocycles. The topological polar surface area (TPSA) is 117 Å². The lowest BCUT2D eigenvalue weighted by atomic mass is 10.2. The van der Waals surface area contributed by atoms with Crippen LogP contribution >= 0.6 is 0 Å². The number of aliphatic hydroxyl groups excluding tert-OH is 1. The molecule has 0 saturated heterocycles. The standard InChI is InChI=1S/C13H16N4O4/c1-2-17-10-4-3-8(7-9(10)15-16-17)12(19)14-6-5-11(18)13(20)21/h3-4,7,11,18H,2,5-6H2,1H3,(H,14,19)(H,20,21)/t11-/m0/s1. The van der Waals surface area contributed by atoms with E-state index in [9.17, 15) is 9.59 Å². The molecule has 8 nitrogen and oxygen atoms in total. The van der Waals surface area contributed by atoms with Gasteiger partial charge in [-0.3, -0.25) is 4.79 Å². The molecule has 0 radical (unpaired) electrons. The number of carboxylic acids is 1. The van der Waals surface area contributed by atoms with E-state index in [0.29, 0.717) is 17.6 Å². The minimum absolute atomic E-state index is 0.0463. The number of amides is 1. The van der Waals surface area contributed by atoms with Gasteiger partial charge in [-0.25, -0.2) is 9.48 Å². The van der Waals surface area contributed by atoms with Gasteiger partial charge in [-0.1, -0.05) is 5.21 Å². The first-order chi connectivity index (χ1) is 10.0. The minimum Gasteiger partial charge on any atom is -0.479 e. The third-order valence-electron chi connectivity index (χ3n) is 3.06. The molecule has 0 fully saturated rings. The van der Waals surface area contributed by atoms with Crippen LogP contribution in [-0.4, -0.2) is 49.7 Å². The summed E-state index contributed by atoms with van der Waals surface area (Å²) in [5.74, 6) is -1.65. The average molecular weight is 292 g/mol. The van der Waals surface area contributed by atoms with Gasteiger partial charge in [-0.05, 0) is 25.1 Å². The van der Waals surface area contributed by atoms with E-state index >= 15 is 0 Å². The molecule has 0 aliphatic heterocycles. The number of aromatic nitrogens is 3. The second kappa shape index (κ2) is 6.31. The van der Waals surface area contributed by atoms with Crippen molar-refractivity contribution in [1.82, 2.24) is 20.3 Å². The number of rotatable bonds is 6. The molecule has 0 unspecified atom stereocenters. The summed E-state index contributed by atoms with van der Waals surface area (Å²) in [7, 11) is 0. The summed E-state index contributed by atoms with van der Waals surface area (Å²) in [4.78, 5) is 22.4. The van der Waals surface area contributed by atoms with Crippen molar-refractivity contribution < 1.29 is 19.8 Å². The highest BCUT2D eigenvalue weighted by Crippen LogP contribution is 2.13. The van der Waals surface area contributed by atoms with Crippen molar-refractivity contribution in [2.45, 2.75) is 26.0 Å². The van der Waals surface area contributed by atoms with Crippen molar-refractivity contribution in [2.75, 3.05) is 6.54 Å². The Kier molecular flexibility index (Phi) is 4.49. The quantitative estimate of drug-likeness (QED) is 0.690. The van der Waals surface area contributed by atoms with Crippen molar-refractivity contribution in [3.05, 3.63) is 23.8 Å². The zero-order valence-electron chi connectivity index (χ0n) is 11.5. The number of carboxylic acid groups (broad SMARTS) is 1. The highest BCUT2D eigenvalue weighted by molar-refractivity contribution is 5.97. The number of fused-ring (bicyclic) bond motifs is 1. The number of aryl methyl sites for hydroxylation is 1. The summed E-state index contributed by atoms with van der Waals surface area (Å²) < 4.78 is 1.72. The molecular formula is C13H16N4O4. The van der Waals surface area contributed by atoms with Crippen molar-refractivity contribution in [2.24, 2.45) is 0 Å². The molecular weight excluding hydrogens is 276 g/mol. The summed E-state index contributed by atoms with van der Waals surface area (Å²) >= 11 is 0. The third-order valence-corrected chi connectivity index (χ3v) is 3.06. The van der Waals surface area contributed by atoms with E-state index in [1.807, 2.05) is 6.92 Å². The van der Waals surface area contributed by atoms with Crippen LogP contribution in [0, 0.1) is 0 Å². The Bertz CT molecular complexity index is 667. The summed E-state index contributed by atoms with van der Waals surface area (Å²) in [5.41, 5.74) is 1.88. The van der Waals surface area contributed by atoms with E-state index in [1.54, 1.807) is 22.9 Å². The van der Waals surface area contributed by atoms with E-state index in [2.05, 4.69) is 15.6 Å². The van der Waals surface area contributed by atoms with Gasteiger partial charge in [0, 0.05) is 25.1 Å². The molecule has 0 bridgehead atoms. The molecule has 8 heteroatoms. The van der Waals surface area contributed by atoms with E-state index < -0.39 is 12.1 Å². The molecule has 1 amide bonds. The second-order valence-corrected chi connectivity index (χ2v) is 4.51. The highest BCUT2D eigenvalue weighted by Gasteiger charge is 2.14. The monoisotopic (exact) mass is 292 g/mol. The van der Waals surface area contributed by atoms with Crippen LogP contribution < -0.4 is 5.32 Å². The van der Waals surface area contributed by atoms with E-state index in [1.165, 1.54) is 0 Å². The Morgan fingerprint density at radius 2 is 2.19 bits per heavy atom. The van der Waals surface area contributed by atoms with Crippen LogP contribution in [0.2, 0.25) is 0 Å². The number of aliphatic hydroxyl groups is 1. The van der Waals surface area contributed by atoms with Gasteiger partial charge in [0.2, 0.25) is 0 Å². The van der Waals surface area contributed by atoms with Gasteiger partial charge < -0.3 is 15.5 Å². The van der Waals surface area contributed by atoms with Crippen molar-refractivity contribution >= 4 is 22.9 Å². The third kappa shape index (κ3) is 3.34. The molecule has 2 aromatic rings. The second-order valence-electron chi connectivity index (χ2n) is 4.51. The van der Waals surface area contributed by atoms with E-state index in [-0.39, 0.29) is 18.9 Å². The molecule has 21 heavy (non-hydrogen) atoms. The number of benzene rings is 1. The number of carbonyl (C=O) groups excluding carboxylic acids is 1. The van der Waals surface area contributed by atoms with Crippen LogP contribution in [0.5, 0.6) is 0 Å². The van der Waals surface area contributed by atoms with Gasteiger partial charge >= 0.3 is 5.97 Å². The number of hydrogen-bond acceptors (Lipinski definition) is 5. The van der Waals surface area contributed by atoms with Gasteiger partial charge in [0.15, 0.2) is 6.10 Å². The summed E-state index contributed by atoms with van der Waals surface area (Å²) in [6, 6.07) is 5.04. The molecule has 112 valence electrons. The van der Waals surface area contributed by atoms with Crippen molar-refractivity contribution in [3.8, 4) is 0 Å². The predicted molar refractivity (Wildman–Crippen MR) is 73.8 cm³/mol. The maximum Gasteiger partial charge on any atom is 0.332 e. The first kappa shape index (κ1) is 14.9. The largest absolute Gasteiger partial charge is 0.479 e. The predicted octanol–water partition coefficient (Wildman–Crippen LogP) is 0.0166. The fourth-order valence-corrected chi connectivity index (χ4v) is 1.89. The maximum atomic E-state index is 11.9. The molecule has 1 aromatic heterocycles. The van der Waals surface area contributed by atoms with Crippen LogP contribution in [-0.2, 0) is 11.3 Å². The van der Waals surface area contributed by atoms with Gasteiger partial charge in [0.05, 0.1) is 5.52 Å². The summed E-state index contributed by atoms with van der Waals surface area (Å²) in [6.07, 6.45) is -1.52. The van der Waals surface area contributed by atoms with Gasteiger partial charge in [-0.2, -0.15) is 0 Å². The first-order valence-electron chi connectivity index (χ1n) is 6.55. The zero-order valence-corrected chi connectivity index (χ0v) is 11.5. The fourth-order valence-electron chi connectivity index (χ4n) is 1.89.